The zero-order valence-corrected chi connectivity index (χ0v) is 16.5. The molecule has 0 aliphatic heterocycles. The number of nitro groups is 1. The van der Waals surface area contributed by atoms with E-state index in [2.05, 4.69) is 4.98 Å². The molecule has 0 spiro atoms. The molecule has 1 aromatic carbocycles. The van der Waals surface area contributed by atoms with Crippen LogP contribution in [0.3, 0.4) is 0 Å². The second-order valence-electron chi connectivity index (χ2n) is 6.13. The molecule has 9 heteroatoms. The number of unbranched alkanes of at least 4 members (excludes halogenated alkanes) is 1. The van der Waals surface area contributed by atoms with Gasteiger partial charge in [0.2, 0.25) is 0 Å². The molecule has 0 atom stereocenters. The number of halogens is 2. The molecule has 3 rings (SSSR count). The number of nitrogens with zero attached hydrogens (tertiary/aromatic N) is 3. The molecule has 3 aromatic rings. The van der Waals surface area contributed by atoms with E-state index in [0.717, 1.165) is 12.8 Å². The highest BCUT2D eigenvalue weighted by Crippen LogP contribution is 2.33. The summed E-state index contributed by atoms with van der Waals surface area (Å²) in [4.78, 5) is 27.5. The Balaban J connectivity index is 2.09. The minimum atomic E-state index is -0.562. The van der Waals surface area contributed by atoms with Crippen molar-refractivity contribution in [3.63, 3.8) is 0 Å². The van der Waals surface area contributed by atoms with Gasteiger partial charge in [0.05, 0.1) is 34.4 Å². The Morgan fingerprint density at radius 2 is 2.07 bits per heavy atom. The molecule has 0 aliphatic carbocycles. The summed E-state index contributed by atoms with van der Waals surface area (Å²) in [6, 6.07) is 7.81. The lowest BCUT2D eigenvalue weighted by molar-refractivity contribution is -0.384. The van der Waals surface area contributed by atoms with Crippen molar-refractivity contribution >= 4 is 40.5 Å². The number of hydrogen-bond donors (Lipinski definition) is 0. The number of benzene rings is 1. The van der Waals surface area contributed by atoms with Crippen LogP contribution in [-0.2, 0) is 16.0 Å². The first-order valence-electron chi connectivity index (χ1n) is 8.67. The molecule has 0 amide bonds. The Morgan fingerprint density at radius 3 is 2.79 bits per heavy atom. The number of hydrogen-bond acceptors (Lipinski definition) is 5. The third-order valence-corrected chi connectivity index (χ3v) is 4.80. The quantitative estimate of drug-likeness (QED) is 0.229. The summed E-state index contributed by atoms with van der Waals surface area (Å²) in [6.07, 6.45) is 3.38. The highest BCUT2D eigenvalue weighted by Gasteiger charge is 2.22. The number of ether oxygens (including phenoxy) is 1. The fourth-order valence-electron chi connectivity index (χ4n) is 2.80. The van der Waals surface area contributed by atoms with Gasteiger partial charge < -0.3 is 9.14 Å². The first-order valence-corrected chi connectivity index (χ1v) is 9.43. The Bertz CT molecular complexity index is 1050. The van der Waals surface area contributed by atoms with Crippen LogP contribution in [0.5, 0.6) is 0 Å². The van der Waals surface area contributed by atoms with Crippen LogP contribution >= 0.6 is 23.2 Å². The second kappa shape index (κ2) is 8.58. The summed E-state index contributed by atoms with van der Waals surface area (Å²) in [6.45, 7) is 2.35. The smallest absolute Gasteiger partial charge is 0.311 e. The minimum Gasteiger partial charge on any atom is -0.465 e. The standard InChI is InChI=1S/C19H17Cl2N3O4/c1-2-3-9-28-17(25)11-16-18(22-19-14(21)5-4-8-23(16)19)12-6-7-13(20)15(10-12)24(26)27/h4-8,10H,2-3,9,11H2,1H3. The molecule has 0 N–H and O–H groups in total. The van der Waals surface area contributed by atoms with E-state index in [1.54, 1.807) is 28.8 Å². The van der Waals surface area contributed by atoms with Crippen molar-refractivity contribution in [3.05, 3.63) is 62.4 Å². The van der Waals surface area contributed by atoms with Crippen molar-refractivity contribution in [1.82, 2.24) is 9.38 Å². The van der Waals surface area contributed by atoms with Crippen LogP contribution < -0.4 is 0 Å². The van der Waals surface area contributed by atoms with Gasteiger partial charge in [0.15, 0.2) is 5.65 Å². The van der Waals surface area contributed by atoms with Crippen molar-refractivity contribution in [2.75, 3.05) is 6.61 Å². The third kappa shape index (κ3) is 4.10. The van der Waals surface area contributed by atoms with Crippen molar-refractivity contribution in [2.24, 2.45) is 0 Å². The van der Waals surface area contributed by atoms with Crippen LogP contribution in [0.2, 0.25) is 10.0 Å². The number of carbonyl (C=O) groups excluding carboxylic acids is 1. The van der Waals surface area contributed by atoms with Crippen LogP contribution in [-0.4, -0.2) is 26.9 Å². The minimum absolute atomic E-state index is 0.0241. The number of fused-ring (bicyclic) bond motifs is 1. The SMILES string of the molecule is CCCCOC(=O)Cc1c(-c2ccc(Cl)c([N+](=O)[O-])c2)nc2c(Cl)cccn12. The molecule has 0 fully saturated rings. The van der Waals surface area contributed by atoms with Gasteiger partial charge in [-0.25, -0.2) is 4.98 Å². The lowest BCUT2D eigenvalue weighted by Crippen LogP contribution is -2.11. The number of esters is 1. The van der Waals surface area contributed by atoms with E-state index in [-0.39, 0.29) is 17.1 Å². The predicted octanol–water partition coefficient (Wildman–Crippen LogP) is 5.10. The largest absolute Gasteiger partial charge is 0.465 e. The number of pyridine rings is 1. The van der Waals surface area contributed by atoms with Gasteiger partial charge in [-0.3, -0.25) is 14.9 Å². The number of carbonyl (C=O) groups is 1. The zero-order chi connectivity index (χ0) is 20.3. The lowest BCUT2D eigenvalue weighted by Gasteiger charge is -2.07. The maximum Gasteiger partial charge on any atom is 0.311 e. The van der Waals surface area contributed by atoms with Gasteiger partial charge in [-0.05, 0) is 24.6 Å². The highest BCUT2D eigenvalue weighted by molar-refractivity contribution is 6.33. The summed E-state index contributed by atoms with van der Waals surface area (Å²) in [5, 5.41) is 11.7. The summed E-state index contributed by atoms with van der Waals surface area (Å²) >= 11 is 12.2. The molecule has 7 nitrogen and oxygen atoms in total. The van der Waals surface area contributed by atoms with E-state index >= 15 is 0 Å². The van der Waals surface area contributed by atoms with E-state index in [0.29, 0.717) is 34.2 Å². The molecular weight excluding hydrogens is 405 g/mol. The van der Waals surface area contributed by atoms with Gasteiger partial charge >= 0.3 is 5.97 Å². The Kier molecular flexibility index (Phi) is 6.16. The molecule has 28 heavy (non-hydrogen) atoms. The Hall–Kier alpha value is -2.64. The summed E-state index contributed by atoms with van der Waals surface area (Å²) in [5.41, 5.74) is 1.63. The van der Waals surface area contributed by atoms with E-state index in [1.165, 1.54) is 12.1 Å². The van der Waals surface area contributed by atoms with Gasteiger partial charge in [0, 0.05) is 17.8 Å². The van der Waals surface area contributed by atoms with Crippen molar-refractivity contribution in [2.45, 2.75) is 26.2 Å². The molecule has 2 heterocycles. The normalized spacial score (nSPS) is 11.0. The van der Waals surface area contributed by atoms with Gasteiger partial charge in [0.25, 0.3) is 5.69 Å². The first-order chi connectivity index (χ1) is 13.4. The van der Waals surface area contributed by atoms with Gasteiger partial charge in [-0.2, -0.15) is 0 Å². The molecule has 2 aromatic heterocycles. The van der Waals surface area contributed by atoms with E-state index in [1.807, 2.05) is 6.92 Å². The average Bonchev–Trinajstić information content (AvgIpc) is 3.02. The van der Waals surface area contributed by atoms with Crippen molar-refractivity contribution in [1.29, 1.82) is 0 Å². The van der Waals surface area contributed by atoms with Gasteiger partial charge in [0.1, 0.15) is 5.02 Å². The number of imidazole rings is 1. The number of aromatic nitrogens is 2. The predicted molar refractivity (Wildman–Crippen MR) is 107 cm³/mol. The molecule has 146 valence electrons. The lowest BCUT2D eigenvalue weighted by atomic mass is 10.1. The number of nitro benzene ring substituents is 1. The Morgan fingerprint density at radius 1 is 1.29 bits per heavy atom. The second-order valence-corrected chi connectivity index (χ2v) is 6.95. The van der Waals surface area contributed by atoms with E-state index in [4.69, 9.17) is 27.9 Å². The topological polar surface area (TPSA) is 86.7 Å². The van der Waals surface area contributed by atoms with Gasteiger partial charge in [-0.15, -0.1) is 0 Å². The summed E-state index contributed by atoms with van der Waals surface area (Å²) < 4.78 is 6.96. The molecule has 0 unspecified atom stereocenters. The zero-order valence-electron chi connectivity index (χ0n) is 15.0. The molecular formula is C19H17Cl2N3O4. The molecule has 0 saturated heterocycles. The van der Waals surface area contributed by atoms with Crippen LogP contribution in [0.15, 0.2) is 36.5 Å². The molecule has 0 bridgehead atoms. The number of rotatable bonds is 7. The Labute approximate surface area is 171 Å². The third-order valence-electron chi connectivity index (χ3n) is 4.19. The molecule has 0 radical (unpaired) electrons. The van der Waals surface area contributed by atoms with E-state index in [9.17, 15) is 14.9 Å². The first kappa shape index (κ1) is 20.1. The maximum atomic E-state index is 12.3. The summed E-state index contributed by atoms with van der Waals surface area (Å²) in [5.74, 6) is -0.403. The van der Waals surface area contributed by atoms with E-state index < -0.39 is 10.9 Å². The van der Waals surface area contributed by atoms with Crippen LogP contribution in [0, 0.1) is 10.1 Å². The van der Waals surface area contributed by atoms with Crippen molar-refractivity contribution < 1.29 is 14.5 Å². The van der Waals surface area contributed by atoms with Gasteiger partial charge in [-0.1, -0.05) is 42.6 Å². The monoisotopic (exact) mass is 421 g/mol. The van der Waals surface area contributed by atoms with Crippen LogP contribution in [0.1, 0.15) is 25.5 Å². The molecule has 0 aliphatic rings. The van der Waals surface area contributed by atoms with Crippen molar-refractivity contribution in [3.8, 4) is 11.3 Å². The molecule has 0 saturated carbocycles. The van der Waals surface area contributed by atoms with Crippen LogP contribution in [0.4, 0.5) is 5.69 Å². The maximum absolute atomic E-state index is 12.3. The fourth-order valence-corrected chi connectivity index (χ4v) is 3.19. The average molecular weight is 422 g/mol. The summed E-state index contributed by atoms with van der Waals surface area (Å²) in [7, 11) is 0. The van der Waals surface area contributed by atoms with Crippen LogP contribution in [0.25, 0.3) is 16.9 Å². The fraction of sp³-hybridized carbons (Fsp3) is 0.263. The highest BCUT2D eigenvalue weighted by atomic mass is 35.5.